The lowest BCUT2D eigenvalue weighted by molar-refractivity contribution is -0.111. The summed E-state index contributed by atoms with van der Waals surface area (Å²) in [6, 6.07) is 11.9. The van der Waals surface area contributed by atoms with Crippen LogP contribution >= 0.6 is 27.5 Å². The molecule has 0 spiro atoms. The van der Waals surface area contributed by atoms with Crippen molar-refractivity contribution in [2.75, 3.05) is 0 Å². The summed E-state index contributed by atoms with van der Waals surface area (Å²) in [6.45, 7) is 0. The number of fused-ring (bicyclic) bond motifs is 1. The van der Waals surface area contributed by atoms with Gasteiger partial charge in [0, 0.05) is 10.9 Å². The number of hydrogen-bond acceptors (Lipinski definition) is 1. The summed E-state index contributed by atoms with van der Waals surface area (Å²) >= 11 is 8.88. The van der Waals surface area contributed by atoms with Gasteiger partial charge < -0.3 is 0 Å². The van der Waals surface area contributed by atoms with Crippen LogP contribution < -0.4 is 0 Å². The molecule has 0 aliphatic carbocycles. The van der Waals surface area contributed by atoms with E-state index in [4.69, 9.17) is 11.6 Å². The Morgan fingerprint density at radius 3 is 2.67 bits per heavy atom. The van der Waals surface area contributed by atoms with Crippen molar-refractivity contribution in [2.45, 2.75) is 6.42 Å². The zero-order valence-corrected chi connectivity index (χ0v) is 10.2. The van der Waals surface area contributed by atoms with Crippen molar-refractivity contribution in [1.29, 1.82) is 0 Å². The Morgan fingerprint density at radius 1 is 1.20 bits per heavy atom. The predicted molar refractivity (Wildman–Crippen MR) is 66.2 cm³/mol. The molecule has 0 fully saturated rings. The first-order chi connectivity index (χ1) is 7.18. The molecular formula is C12H8BrClO. The van der Waals surface area contributed by atoms with E-state index in [1.807, 2.05) is 36.4 Å². The smallest absolute Gasteiger partial charge is 0.226 e. The maximum Gasteiger partial charge on any atom is 0.226 e. The molecule has 0 aliphatic rings. The highest BCUT2D eigenvalue weighted by Gasteiger charge is 2.07. The van der Waals surface area contributed by atoms with Crippen LogP contribution in [0.2, 0.25) is 0 Å². The minimum Gasteiger partial charge on any atom is -0.281 e. The average molecular weight is 284 g/mol. The SMILES string of the molecule is O=C(Cl)Cc1ccc2ccccc2c1Br. The van der Waals surface area contributed by atoms with Crippen LogP contribution in [0.1, 0.15) is 5.56 Å². The predicted octanol–water partition coefficient (Wildman–Crippen LogP) is 3.91. The minimum absolute atomic E-state index is 0.257. The van der Waals surface area contributed by atoms with Crippen molar-refractivity contribution in [2.24, 2.45) is 0 Å². The van der Waals surface area contributed by atoms with E-state index in [9.17, 15) is 4.79 Å². The van der Waals surface area contributed by atoms with Gasteiger partial charge in [0.1, 0.15) is 0 Å². The minimum atomic E-state index is -0.342. The Hall–Kier alpha value is -0.860. The van der Waals surface area contributed by atoms with Crippen molar-refractivity contribution >= 4 is 43.5 Å². The second-order valence-corrected chi connectivity index (χ2v) is 4.51. The molecule has 0 unspecified atom stereocenters. The van der Waals surface area contributed by atoms with Gasteiger partial charge >= 0.3 is 0 Å². The first-order valence-corrected chi connectivity index (χ1v) is 5.70. The zero-order valence-electron chi connectivity index (χ0n) is 7.84. The van der Waals surface area contributed by atoms with E-state index < -0.39 is 0 Å². The van der Waals surface area contributed by atoms with E-state index in [-0.39, 0.29) is 11.7 Å². The lowest BCUT2D eigenvalue weighted by atomic mass is 10.1. The second kappa shape index (κ2) is 4.33. The third-order valence-corrected chi connectivity index (χ3v) is 3.34. The van der Waals surface area contributed by atoms with Crippen molar-refractivity contribution in [3.05, 3.63) is 46.4 Å². The fraction of sp³-hybridized carbons (Fsp3) is 0.0833. The Balaban J connectivity index is 2.59. The molecule has 2 aromatic rings. The third kappa shape index (κ3) is 2.21. The fourth-order valence-corrected chi connectivity index (χ4v) is 2.34. The molecule has 0 saturated heterocycles. The molecule has 3 heteroatoms. The highest BCUT2D eigenvalue weighted by Crippen LogP contribution is 2.28. The quantitative estimate of drug-likeness (QED) is 0.764. The third-order valence-electron chi connectivity index (χ3n) is 2.27. The summed E-state index contributed by atoms with van der Waals surface area (Å²) in [6.07, 6.45) is 0.257. The number of halogens is 2. The van der Waals surface area contributed by atoms with Gasteiger partial charge in [-0.2, -0.15) is 0 Å². The van der Waals surface area contributed by atoms with Crippen molar-refractivity contribution in [3.63, 3.8) is 0 Å². The highest BCUT2D eigenvalue weighted by molar-refractivity contribution is 9.10. The van der Waals surface area contributed by atoms with Gasteiger partial charge in [0.25, 0.3) is 0 Å². The lowest BCUT2D eigenvalue weighted by Crippen LogP contribution is -1.94. The normalized spacial score (nSPS) is 10.5. The Labute approximate surface area is 101 Å². The molecule has 0 amide bonds. The van der Waals surface area contributed by atoms with Crippen LogP contribution in [0, 0.1) is 0 Å². The number of benzene rings is 2. The first-order valence-electron chi connectivity index (χ1n) is 4.53. The van der Waals surface area contributed by atoms with Crippen LogP contribution in [0.5, 0.6) is 0 Å². The van der Waals surface area contributed by atoms with Gasteiger partial charge in [0.2, 0.25) is 5.24 Å². The van der Waals surface area contributed by atoms with E-state index in [0.717, 1.165) is 20.8 Å². The highest BCUT2D eigenvalue weighted by atomic mass is 79.9. The maximum absolute atomic E-state index is 10.8. The van der Waals surface area contributed by atoms with Crippen molar-refractivity contribution in [1.82, 2.24) is 0 Å². The second-order valence-electron chi connectivity index (χ2n) is 3.29. The lowest BCUT2D eigenvalue weighted by Gasteiger charge is -2.05. The van der Waals surface area contributed by atoms with Gasteiger partial charge in [-0.05, 0) is 43.9 Å². The van der Waals surface area contributed by atoms with E-state index in [1.54, 1.807) is 0 Å². The van der Waals surface area contributed by atoms with Gasteiger partial charge in [0.15, 0.2) is 0 Å². The van der Waals surface area contributed by atoms with E-state index in [1.165, 1.54) is 0 Å². The van der Waals surface area contributed by atoms with Gasteiger partial charge in [-0.3, -0.25) is 4.79 Å². The Kier molecular flexibility index (Phi) is 3.08. The van der Waals surface area contributed by atoms with Gasteiger partial charge in [-0.1, -0.05) is 36.4 Å². The largest absolute Gasteiger partial charge is 0.281 e. The standard InChI is InChI=1S/C12H8BrClO/c13-12-9(7-11(14)15)6-5-8-3-1-2-4-10(8)12/h1-6H,7H2. The van der Waals surface area contributed by atoms with Gasteiger partial charge in [-0.15, -0.1) is 0 Å². The summed E-state index contributed by atoms with van der Waals surface area (Å²) < 4.78 is 0.953. The summed E-state index contributed by atoms with van der Waals surface area (Å²) in [7, 11) is 0. The number of rotatable bonds is 2. The molecule has 76 valence electrons. The molecule has 0 saturated carbocycles. The van der Waals surface area contributed by atoms with E-state index >= 15 is 0 Å². The first kappa shape index (κ1) is 10.7. The van der Waals surface area contributed by atoms with E-state index in [0.29, 0.717) is 0 Å². The molecule has 0 radical (unpaired) electrons. The van der Waals surface area contributed by atoms with Crippen LogP contribution in [-0.4, -0.2) is 5.24 Å². The zero-order chi connectivity index (χ0) is 10.8. The molecule has 2 aromatic carbocycles. The molecule has 0 aromatic heterocycles. The van der Waals surface area contributed by atoms with E-state index in [2.05, 4.69) is 15.9 Å². The van der Waals surface area contributed by atoms with Gasteiger partial charge in [0.05, 0.1) is 0 Å². The Morgan fingerprint density at radius 2 is 1.93 bits per heavy atom. The topological polar surface area (TPSA) is 17.1 Å². The van der Waals surface area contributed by atoms with Crippen LogP contribution in [0.4, 0.5) is 0 Å². The monoisotopic (exact) mass is 282 g/mol. The van der Waals surface area contributed by atoms with Crippen LogP contribution in [0.15, 0.2) is 40.9 Å². The van der Waals surface area contributed by atoms with Crippen LogP contribution in [0.3, 0.4) is 0 Å². The molecule has 15 heavy (non-hydrogen) atoms. The van der Waals surface area contributed by atoms with Crippen LogP contribution in [-0.2, 0) is 11.2 Å². The number of carbonyl (C=O) groups is 1. The molecule has 0 atom stereocenters. The summed E-state index contributed by atoms with van der Waals surface area (Å²) in [5.74, 6) is 0. The number of hydrogen-bond donors (Lipinski definition) is 0. The summed E-state index contributed by atoms with van der Waals surface area (Å²) in [4.78, 5) is 10.8. The van der Waals surface area contributed by atoms with Crippen molar-refractivity contribution < 1.29 is 4.79 Å². The maximum atomic E-state index is 10.8. The molecule has 0 aliphatic heterocycles. The fourth-order valence-electron chi connectivity index (χ4n) is 1.57. The van der Waals surface area contributed by atoms with Crippen molar-refractivity contribution in [3.8, 4) is 0 Å². The molecule has 0 bridgehead atoms. The molecule has 2 rings (SSSR count). The molecule has 1 nitrogen and oxygen atoms in total. The van der Waals surface area contributed by atoms with Crippen LogP contribution in [0.25, 0.3) is 10.8 Å². The molecule has 0 N–H and O–H groups in total. The molecular weight excluding hydrogens is 275 g/mol. The summed E-state index contributed by atoms with van der Waals surface area (Å²) in [5.41, 5.74) is 0.925. The summed E-state index contributed by atoms with van der Waals surface area (Å²) in [5, 5.41) is 1.91. The number of carbonyl (C=O) groups excluding carboxylic acids is 1. The van der Waals surface area contributed by atoms with Gasteiger partial charge in [-0.25, -0.2) is 0 Å². The molecule has 0 heterocycles. The Bertz CT molecular complexity index is 522. The average Bonchev–Trinajstić information content (AvgIpc) is 2.22.